The lowest BCUT2D eigenvalue weighted by Crippen LogP contribution is -2.49. The molecule has 0 saturated heterocycles. The summed E-state index contributed by atoms with van der Waals surface area (Å²) in [5.41, 5.74) is -2.38. The molecule has 0 heterocycles. The van der Waals surface area contributed by atoms with Gasteiger partial charge in [-0.05, 0) is 32.5 Å². The molecule has 0 aromatic carbocycles. The van der Waals surface area contributed by atoms with Gasteiger partial charge in [0.2, 0.25) is 0 Å². The van der Waals surface area contributed by atoms with Crippen LogP contribution in [0.1, 0.15) is 20.8 Å². The highest BCUT2D eigenvalue weighted by atomic mass is 32.2. The molecule has 11 heavy (non-hydrogen) atoms. The van der Waals surface area contributed by atoms with Gasteiger partial charge in [0.1, 0.15) is 5.40 Å². The molecule has 2 N–H and O–H groups in total. The predicted molar refractivity (Wildman–Crippen MR) is 45.0 cm³/mol. The van der Waals surface area contributed by atoms with Crippen LogP contribution < -0.4 is 0 Å². The average molecular weight is 175 g/mol. The number of hydrogen-bond donors (Lipinski definition) is 2. The smallest absolute Gasteiger partial charge is 0.133 e. The van der Waals surface area contributed by atoms with E-state index in [0.717, 1.165) is 11.8 Å². The van der Waals surface area contributed by atoms with Crippen LogP contribution in [0.3, 0.4) is 0 Å². The van der Waals surface area contributed by atoms with Crippen LogP contribution in [0.25, 0.3) is 0 Å². The van der Waals surface area contributed by atoms with Crippen LogP contribution in [0.2, 0.25) is 0 Å². The molecule has 1 unspecified atom stereocenters. The summed E-state index contributed by atoms with van der Waals surface area (Å²) in [5.74, 6) is 0.215. The van der Waals surface area contributed by atoms with Crippen LogP contribution in [0.15, 0.2) is 0 Å². The molecule has 0 amide bonds. The Bertz CT molecular complexity index is 166. The van der Waals surface area contributed by atoms with Crippen molar-refractivity contribution in [1.29, 1.82) is 5.26 Å². The SMILES string of the molecule is CC(C)(O)C(C)(O)CSC#N. The number of rotatable bonds is 3. The Hall–Kier alpha value is -0.240. The Balaban J connectivity index is 4.13. The molecule has 0 aliphatic carbocycles. The Morgan fingerprint density at radius 3 is 2.09 bits per heavy atom. The molecule has 0 rings (SSSR count). The summed E-state index contributed by atoms with van der Waals surface area (Å²) in [5, 5.41) is 29.0. The van der Waals surface area contributed by atoms with E-state index in [1.165, 1.54) is 20.8 Å². The van der Waals surface area contributed by atoms with E-state index in [2.05, 4.69) is 0 Å². The van der Waals surface area contributed by atoms with E-state index in [1.54, 1.807) is 0 Å². The van der Waals surface area contributed by atoms with Crippen molar-refractivity contribution in [3.8, 4) is 5.40 Å². The molecule has 1 atom stereocenters. The first-order chi connectivity index (χ1) is 4.81. The Morgan fingerprint density at radius 2 is 1.82 bits per heavy atom. The third-order valence-electron chi connectivity index (χ3n) is 1.74. The van der Waals surface area contributed by atoms with Crippen molar-refractivity contribution in [1.82, 2.24) is 0 Å². The fraction of sp³-hybridized carbons (Fsp3) is 0.857. The first-order valence-electron chi connectivity index (χ1n) is 3.27. The monoisotopic (exact) mass is 175 g/mol. The van der Waals surface area contributed by atoms with Gasteiger partial charge in [-0.3, -0.25) is 0 Å². The standard InChI is InChI=1S/C7H13NO2S/c1-6(2,9)7(3,10)4-11-5-8/h9-10H,4H2,1-3H3. The summed E-state index contributed by atoms with van der Waals surface area (Å²) in [6.45, 7) is 4.55. The highest BCUT2D eigenvalue weighted by Gasteiger charge is 2.37. The lowest BCUT2D eigenvalue weighted by Gasteiger charge is -2.34. The summed E-state index contributed by atoms with van der Waals surface area (Å²) in [4.78, 5) is 0. The fourth-order valence-corrected chi connectivity index (χ4v) is 1.05. The van der Waals surface area contributed by atoms with Gasteiger partial charge < -0.3 is 10.2 Å². The number of nitrogens with zero attached hydrogens (tertiary/aromatic N) is 1. The molecule has 0 aromatic heterocycles. The Kier molecular flexibility index (Phi) is 3.36. The van der Waals surface area contributed by atoms with Gasteiger partial charge in [-0.2, -0.15) is 5.26 Å². The van der Waals surface area contributed by atoms with Gasteiger partial charge in [0.05, 0.1) is 11.2 Å². The number of thiocyanates is 1. The molecule has 0 bridgehead atoms. The Labute approximate surface area is 71.0 Å². The van der Waals surface area contributed by atoms with Gasteiger partial charge in [-0.25, -0.2) is 0 Å². The van der Waals surface area contributed by atoms with Crippen LogP contribution in [-0.2, 0) is 0 Å². The van der Waals surface area contributed by atoms with Crippen molar-refractivity contribution >= 4 is 11.8 Å². The lowest BCUT2D eigenvalue weighted by molar-refractivity contribution is -0.104. The molecular weight excluding hydrogens is 162 g/mol. The molecule has 0 aromatic rings. The van der Waals surface area contributed by atoms with Crippen molar-refractivity contribution in [2.75, 3.05) is 5.75 Å². The second-order valence-electron chi connectivity index (χ2n) is 3.21. The van der Waals surface area contributed by atoms with Crippen LogP contribution in [0.5, 0.6) is 0 Å². The van der Waals surface area contributed by atoms with E-state index >= 15 is 0 Å². The highest BCUT2D eigenvalue weighted by Crippen LogP contribution is 2.24. The molecule has 0 aliphatic rings. The van der Waals surface area contributed by atoms with Gasteiger partial charge in [0.25, 0.3) is 0 Å². The zero-order valence-corrected chi connectivity index (χ0v) is 7.77. The Morgan fingerprint density at radius 1 is 1.36 bits per heavy atom. The zero-order chi connectivity index (χ0) is 9.12. The minimum Gasteiger partial charge on any atom is -0.387 e. The topological polar surface area (TPSA) is 64.2 Å². The van der Waals surface area contributed by atoms with E-state index in [9.17, 15) is 10.2 Å². The zero-order valence-electron chi connectivity index (χ0n) is 6.96. The van der Waals surface area contributed by atoms with E-state index < -0.39 is 11.2 Å². The third kappa shape index (κ3) is 3.10. The van der Waals surface area contributed by atoms with Crippen LogP contribution in [-0.4, -0.2) is 27.2 Å². The van der Waals surface area contributed by atoms with Crippen molar-refractivity contribution < 1.29 is 10.2 Å². The third-order valence-corrected chi connectivity index (χ3v) is 2.57. The van der Waals surface area contributed by atoms with Crippen LogP contribution >= 0.6 is 11.8 Å². The quantitative estimate of drug-likeness (QED) is 0.620. The van der Waals surface area contributed by atoms with Crippen molar-refractivity contribution in [3.05, 3.63) is 0 Å². The fourth-order valence-electron chi connectivity index (χ4n) is 0.349. The summed E-state index contributed by atoms with van der Waals surface area (Å²) >= 11 is 0.937. The maximum atomic E-state index is 9.56. The normalized spacial score (nSPS) is 17.1. The lowest BCUT2D eigenvalue weighted by atomic mass is 9.90. The van der Waals surface area contributed by atoms with Gasteiger partial charge in [0, 0.05) is 5.75 Å². The van der Waals surface area contributed by atoms with Crippen molar-refractivity contribution in [2.45, 2.75) is 32.0 Å². The predicted octanol–water partition coefficient (Wildman–Crippen LogP) is 0.723. The number of hydrogen-bond acceptors (Lipinski definition) is 4. The first-order valence-corrected chi connectivity index (χ1v) is 4.25. The average Bonchev–Trinajstić information content (AvgIpc) is 1.81. The number of aliphatic hydroxyl groups is 2. The van der Waals surface area contributed by atoms with E-state index in [1.807, 2.05) is 5.40 Å². The van der Waals surface area contributed by atoms with E-state index in [0.29, 0.717) is 0 Å². The molecule has 0 fully saturated rings. The summed E-state index contributed by atoms with van der Waals surface area (Å²) in [7, 11) is 0. The van der Waals surface area contributed by atoms with Crippen LogP contribution in [0.4, 0.5) is 0 Å². The van der Waals surface area contributed by atoms with Crippen molar-refractivity contribution in [2.24, 2.45) is 0 Å². The van der Waals surface area contributed by atoms with Gasteiger partial charge >= 0.3 is 0 Å². The second-order valence-corrected chi connectivity index (χ2v) is 3.97. The molecule has 4 heteroatoms. The van der Waals surface area contributed by atoms with Crippen LogP contribution in [0, 0.1) is 10.7 Å². The first kappa shape index (κ1) is 10.8. The minimum absolute atomic E-state index is 0.215. The van der Waals surface area contributed by atoms with E-state index in [-0.39, 0.29) is 5.75 Å². The number of thioether (sulfide) groups is 1. The molecule has 0 radical (unpaired) electrons. The largest absolute Gasteiger partial charge is 0.387 e. The maximum absolute atomic E-state index is 9.56. The highest BCUT2D eigenvalue weighted by molar-refractivity contribution is 8.03. The maximum Gasteiger partial charge on any atom is 0.133 e. The van der Waals surface area contributed by atoms with Crippen molar-refractivity contribution in [3.63, 3.8) is 0 Å². The van der Waals surface area contributed by atoms with E-state index in [4.69, 9.17) is 5.26 Å². The molecule has 0 aliphatic heterocycles. The second kappa shape index (κ2) is 3.44. The summed E-state index contributed by atoms with van der Waals surface area (Å²) in [6.07, 6.45) is 0. The minimum atomic E-state index is -1.21. The number of nitriles is 1. The molecule has 3 nitrogen and oxygen atoms in total. The van der Waals surface area contributed by atoms with Gasteiger partial charge in [0.15, 0.2) is 0 Å². The van der Waals surface area contributed by atoms with Gasteiger partial charge in [-0.15, -0.1) is 0 Å². The summed E-state index contributed by atoms with van der Waals surface area (Å²) < 4.78 is 0. The molecule has 0 spiro atoms. The van der Waals surface area contributed by atoms with Gasteiger partial charge in [-0.1, -0.05) is 0 Å². The molecule has 64 valence electrons. The summed E-state index contributed by atoms with van der Waals surface area (Å²) in [6, 6.07) is 0. The molecule has 0 saturated carbocycles. The molecular formula is C7H13NO2S.